The second-order valence-electron chi connectivity index (χ2n) is 8.95. The summed E-state index contributed by atoms with van der Waals surface area (Å²) >= 11 is 0. The Bertz CT molecular complexity index is 1320. The van der Waals surface area contributed by atoms with E-state index in [1.165, 1.54) is 28.0 Å². The number of piperazine rings is 1. The lowest BCUT2D eigenvalue weighted by molar-refractivity contribution is 0.148. The molecule has 7 nitrogen and oxygen atoms in total. The first-order chi connectivity index (χ1) is 15.6. The fourth-order valence-corrected chi connectivity index (χ4v) is 4.80. The van der Waals surface area contributed by atoms with Gasteiger partial charge in [0, 0.05) is 81.5 Å². The van der Waals surface area contributed by atoms with Crippen LogP contribution in [0.1, 0.15) is 22.4 Å². The topological polar surface area (TPSA) is 54.5 Å². The van der Waals surface area contributed by atoms with Crippen LogP contribution in [0.4, 0.5) is 0 Å². The Hall–Kier alpha value is -3.29. The van der Waals surface area contributed by atoms with Crippen LogP contribution < -0.4 is 0 Å². The van der Waals surface area contributed by atoms with E-state index >= 15 is 0 Å². The summed E-state index contributed by atoms with van der Waals surface area (Å²) < 4.78 is 3.76. The molecule has 0 aromatic carbocycles. The molecule has 0 unspecified atom stereocenters. The van der Waals surface area contributed by atoms with Crippen LogP contribution in [-0.4, -0.2) is 67.4 Å². The normalized spacial score (nSPS) is 17.1. The molecule has 0 bridgehead atoms. The first-order valence-electron chi connectivity index (χ1n) is 11.2. The largest absolute Gasteiger partial charge is 0.304 e. The molecule has 5 heterocycles. The lowest BCUT2D eigenvalue weighted by atomic mass is 9.99. The van der Waals surface area contributed by atoms with Crippen molar-refractivity contribution >= 4 is 11.1 Å². The Morgan fingerprint density at radius 1 is 0.906 bits per heavy atom. The van der Waals surface area contributed by atoms with Crippen molar-refractivity contribution in [3.8, 4) is 11.1 Å². The van der Waals surface area contributed by atoms with Crippen LogP contribution in [0.25, 0.3) is 22.2 Å². The zero-order chi connectivity index (χ0) is 21.7. The van der Waals surface area contributed by atoms with Crippen molar-refractivity contribution < 1.29 is 0 Å². The molecule has 1 saturated heterocycles. The van der Waals surface area contributed by atoms with Crippen molar-refractivity contribution in [2.24, 2.45) is 7.05 Å². The van der Waals surface area contributed by atoms with Crippen LogP contribution in [0, 0.1) is 0 Å². The SMILES string of the molecule is CN1CCN(Cc2cnc3c(c2)C(c2ccn4ncc(-c5cnn(C)c5)c4c2)=CC3)CC1. The van der Waals surface area contributed by atoms with E-state index in [9.17, 15) is 0 Å². The third kappa shape index (κ3) is 3.43. The standard InChI is InChI=1S/C25H27N7/c1-29-7-9-31(10-8-29)16-18-11-22-21(3-4-24(22)26-13-18)19-5-6-32-25(12-19)23(15-28-32)20-14-27-30(2)17-20/h3,5-6,11-15,17H,4,7-10,16H2,1-2H3. The summed E-state index contributed by atoms with van der Waals surface area (Å²) in [7, 11) is 4.14. The number of allylic oxidation sites excluding steroid dienone is 1. The van der Waals surface area contributed by atoms with E-state index in [1.54, 1.807) is 0 Å². The lowest BCUT2D eigenvalue weighted by Gasteiger charge is -2.32. The number of fused-ring (bicyclic) bond motifs is 2. The van der Waals surface area contributed by atoms with Crippen molar-refractivity contribution in [1.82, 2.24) is 34.2 Å². The molecule has 4 aromatic heterocycles. The van der Waals surface area contributed by atoms with Gasteiger partial charge in [-0.2, -0.15) is 10.2 Å². The summed E-state index contributed by atoms with van der Waals surface area (Å²) in [6.45, 7) is 5.47. The Kier molecular flexibility index (Phi) is 4.66. The molecule has 0 spiro atoms. The number of rotatable bonds is 4. The molecule has 0 radical (unpaired) electrons. The lowest BCUT2D eigenvalue weighted by Crippen LogP contribution is -2.43. The van der Waals surface area contributed by atoms with Crippen molar-refractivity contribution in [1.29, 1.82) is 0 Å². The maximum Gasteiger partial charge on any atom is 0.0747 e. The van der Waals surface area contributed by atoms with Crippen LogP contribution in [0.5, 0.6) is 0 Å². The van der Waals surface area contributed by atoms with E-state index in [0.29, 0.717) is 0 Å². The Morgan fingerprint density at radius 3 is 2.59 bits per heavy atom. The minimum absolute atomic E-state index is 0.888. The maximum atomic E-state index is 4.82. The van der Waals surface area contributed by atoms with E-state index in [2.05, 4.69) is 57.5 Å². The molecule has 0 amide bonds. The van der Waals surface area contributed by atoms with Gasteiger partial charge in [-0.25, -0.2) is 4.52 Å². The third-order valence-electron chi connectivity index (χ3n) is 6.67. The molecular formula is C25H27N7. The highest BCUT2D eigenvalue weighted by Gasteiger charge is 2.20. The molecule has 0 saturated carbocycles. The summed E-state index contributed by atoms with van der Waals surface area (Å²) in [6, 6.07) is 6.74. The summed E-state index contributed by atoms with van der Waals surface area (Å²) in [5.74, 6) is 0. The van der Waals surface area contributed by atoms with Crippen molar-refractivity contribution in [3.05, 3.63) is 77.6 Å². The van der Waals surface area contributed by atoms with Crippen molar-refractivity contribution in [3.63, 3.8) is 0 Å². The average Bonchev–Trinajstić information content (AvgIpc) is 3.52. The van der Waals surface area contributed by atoms with Gasteiger partial charge >= 0.3 is 0 Å². The minimum atomic E-state index is 0.888. The van der Waals surface area contributed by atoms with E-state index in [-0.39, 0.29) is 0 Å². The van der Waals surface area contributed by atoms with Gasteiger partial charge in [0.15, 0.2) is 0 Å². The fraction of sp³-hybridized carbons (Fsp3) is 0.320. The van der Waals surface area contributed by atoms with Gasteiger partial charge in [0.25, 0.3) is 0 Å². The highest BCUT2D eigenvalue weighted by Crippen LogP contribution is 2.34. The van der Waals surface area contributed by atoms with E-state index < -0.39 is 0 Å². The molecule has 32 heavy (non-hydrogen) atoms. The maximum absolute atomic E-state index is 4.82. The van der Waals surface area contributed by atoms with Gasteiger partial charge in [-0.05, 0) is 41.9 Å². The molecule has 1 fully saturated rings. The van der Waals surface area contributed by atoms with Crippen LogP contribution >= 0.6 is 0 Å². The second kappa shape index (κ2) is 7.69. The van der Waals surface area contributed by atoms with E-state index in [4.69, 9.17) is 4.98 Å². The second-order valence-corrected chi connectivity index (χ2v) is 8.95. The van der Waals surface area contributed by atoms with Gasteiger partial charge in [0.1, 0.15) is 0 Å². The predicted octanol–water partition coefficient (Wildman–Crippen LogP) is 2.87. The number of aromatic nitrogens is 5. The predicted molar refractivity (Wildman–Crippen MR) is 125 cm³/mol. The summed E-state index contributed by atoms with van der Waals surface area (Å²) in [6.07, 6.45) is 13.1. The number of aryl methyl sites for hydroxylation is 1. The van der Waals surface area contributed by atoms with Gasteiger partial charge < -0.3 is 4.90 Å². The molecule has 4 aromatic rings. The van der Waals surface area contributed by atoms with Crippen LogP contribution in [0.2, 0.25) is 0 Å². The Balaban J connectivity index is 1.32. The summed E-state index contributed by atoms with van der Waals surface area (Å²) in [5, 5.41) is 8.86. The van der Waals surface area contributed by atoms with Gasteiger partial charge in [-0.1, -0.05) is 6.08 Å². The Morgan fingerprint density at radius 2 is 1.78 bits per heavy atom. The molecule has 7 heteroatoms. The molecular weight excluding hydrogens is 398 g/mol. The molecule has 1 aliphatic heterocycles. The zero-order valence-electron chi connectivity index (χ0n) is 18.6. The van der Waals surface area contributed by atoms with Gasteiger partial charge in [-0.3, -0.25) is 14.6 Å². The van der Waals surface area contributed by atoms with Crippen molar-refractivity contribution in [2.45, 2.75) is 13.0 Å². The average molecular weight is 426 g/mol. The summed E-state index contributed by atoms with van der Waals surface area (Å²) in [5.41, 5.74) is 9.48. The van der Waals surface area contributed by atoms with Crippen molar-refractivity contribution in [2.75, 3.05) is 33.2 Å². The van der Waals surface area contributed by atoms with E-state index in [0.717, 1.165) is 55.8 Å². The third-order valence-corrected chi connectivity index (χ3v) is 6.67. The summed E-state index contributed by atoms with van der Waals surface area (Å²) in [4.78, 5) is 9.74. The number of likely N-dealkylation sites (N-methyl/N-ethyl adjacent to an activating group) is 1. The molecule has 2 aliphatic rings. The van der Waals surface area contributed by atoms with Gasteiger partial charge in [0.2, 0.25) is 0 Å². The number of hydrogen-bond donors (Lipinski definition) is 0. The smallest absolute Gasteiger partial charge is 0.0747 e. The van der Waals surface area contributed by atoms with Crippen LogP contribution in [0.15, 0.2) is 55.3 Å². The fourth-order valence-electron chi connectivity index (χ4n) is 4.80. The Labute approximate surface area is 187 Å². The molecule has 162 valence electrons. The van der Waals surface area contributed by atoms with Crippen LogP contribution in [-0.2, 0) is 20.0 Å². The number of pyridine rings is 2. The quantitative estimate of drug-likeness (QED) is 0.503. The number of nitrogens with zero attached hydrogens (tertiary/aromatic N) is 7. The monoisotopic (exact) mass is 425 g/mol. The highest BCUT2D eigenvalue weighted by molar-refractivity contribution is 5.88. The van der Waals surface area contributed by atoms with Gasteiger partial charge in [0.05, 0.1) is 23.6 Å². The van der Waals surface area contributed by atoms with Gasteiger partial charge in [-0.15, -0.1) is 0 Å². The molecule has 0 atom stereocenters. The molecule has 1 aliphatic carbocycles. The highest BCUT2D eigenvalue weighted by atomic mass is 15.2. The van der Waals surface area contributed by atoms with Crippen LogP contribution in [0.3, 0.4) is 0 Å². The zero-order valence-corrected chi connectivity index (χ0v) is 18.6. The molecule has 6 rings (SSSR count). The van der Waals surface area contributed by atoms with E-state index in [1.807, 2.05) is 41.0 Å². The minimum Gasteiger partial charge on any atom is -0.304 e. The first-order valence-corrected chi connectivity index (χ1v) is 11.2. The molecule has 0 N–H and O–H groups in total. The first kappa shape index (κ1) is 19.4. The number of hydrogen-bond acceptors (Lipinski definition) is 5.